The van der Waals surface area contributed by atoms with Crippen LogP contribution in [0.4, 0.5) is 0 Å². The highest BCUT2D eigenvalue weighted by Crippen LogP contribution is 2.11. The van der Waals surface area contributed by atoms with Gasteiger partial charge in [0, 0.05) is 11.1 Å². The van der Waals surface area contributed by atoms with E-state index in [1.54, 1.807) is 0 Å². The van der Waals surface area contributed by atoms with Crippen LogP contribution in [0.25, 0.3) is 0 Å². The lowest BCUT2D eigenvalue weighted by atomic mass is 10.0. The van der Waals surface area contributed by atoms with Crippen molar-refractivity contribution < 1.29 is 4.79 Å². The number of hydrogen-bond acceptors (Lipinski definition) is 1. The molecule has 0 aromatic heterocycles. The highest BCUT2D eigenvalue weighted by Gasteiger charge is 2.16. The summed E-state index contributed by atoms with van der Waals surface area (Å²) in [6.45, 7) is 9.73. The molecule has 0 aliphatic rings. The molecule has 0 atom stereocenters. The number of hydrogen-bond donors (Lipinski definition) is 1. The fourth-order valence-electron chi connectivity index (χ4n) is 1.37. The van der Waals surface area contributed by atoms with E-state index in [9.17, 15) is 4.79 Å². The molecule has 0 saturated carbocycles. The fourth-order valence-corrected chi connectivity index (χ4v) is 1.37. The van der Waals surface area contributed by atoms with Crippen LogP contribution in [0.2, 0.25) is 0 Å². The molecule has 1 radical (unpaired) electrons. The van der Waals surface area contributed by atoms with Gasteiger partial charge in [0.1, 0.15) is 0 Å². The van der Waals surface area contributed by atoms with Crippen LogP contribution in [0.1, 0.15) is 36.7 Å². The lowest BCUT2D eigenvalue weighted by Crippen LogP contribution is -2.40. The predicted molar refractivity (Wildman–Crippen MR) is 62.7 cm³/mol. The van der Waals surface area contributed by atoms with Crippen LogP contribution in [0.3, 0.4) is 0 Å². The van der Waals surface area contributed by atoms with Crippen molar-refractivity contribution in [2.24, 2.45) is 0 Å². The number of carbonyl (C=O) groups excluding carboxylic acids is 1. The van der Waals surface area contributed by atoms with Crippen LogP contribution in [-0.4, -0.2) is 11.4 Å². The first kappa shape index (κ1) is 11.8. The lowest BCUT2D eigenvalue weighted by molar-refractivity contribution is 0.0918. The van der Waals surface area contributed by atoms with Crippen LogP contribution in [-0.2, 0) is 6.42 Å². The summed E-state index contributed by atoms with van der Waals surface area (Å²) in [6.07, 6.45) is 0.633. The van der Waals surface area contributed by atoms with Crippen LogP contribution in [0.15, 0.2) is 24.3 Å². The summed E-state index contributed by atoms with van der Waals surface area (Å²) < 4.78 is 0. The van der Waals surface area contributed by atoms with Gasteiger partial charge in [0.05, 0.1) is 0 Å². The summed E-state index contributed by atoms with van der Waals surface area (Å²) in [5.74, 6) is -0.0262. The van der Waals surface area contributed by atoms with Crippen molar-refractivity contribution in [3.8, 4) is 0 Å². The molecule has 0 aliphatic carbocycles. The molecule has 0 bridgehead atoms. The van der Waals surface area contributed by atoms with Crippen molar-refractivity contribution >= 4 is 5.91 Å². The van der Waals surface area contributed by atoms with E-state index in [0.29, 0.717) is 6.42 Å². The Balaban J connectivity index is 2.91. The van der Waals surface area contributed by atoms with Gasteiger partial charge in [0.25, 0.3) is 5.91 Å². The third kappa shape index (κ3) is 3.39. The summed E-state index contributed by atoms with van der Waals surface area (Å²) in [7, 11) is 0. The van der Waals surface area contributed by atoms with Gasteiger partial charge in [-0.25, -0.2) is 0 Å². The summed E-state index contributed by atoms with van der Waals surface area (Å²) >= 11 is 0. The van der Waals surface area contributed by atoms with E-state index >= 15 is 0 Å². The molecule has 1 rings (SSSR count). The minimum absolute atomic E-state index is 0.0262. The SMILES string of the molecule is [CH2]Cc1ccccc1C(=O)NC(C)(C)C. The number of benzene rings is 1. The number of rotatable bonds is 2. The second-order valence-corrected chi connectivity index (χ2v) is 4.61. The topological polar surface area (TPSA) is 29.1 Å². The Hall–Kier alpha value is -1.31. The molecule has 0 spiro atoms. The molecule has 1 N–H and O–H groups in total. The molecule has 1 amide bonds. The third-order valence-corrected chi connectivity index (χ3v) is 2.02. The first-order chi connectivity index (χ1) is 6.94. The quantitative estimate of drug-likeness (QED) is 0.788. The van der Waals surface area contributed by atoms with Gasteiger partial charge in [-0.1, -0.05) is 18.2 Å². The zero-order valence-corrected chi connectivity index (χ0v) is 9.63. The van der Waals surface area contributed by atoms with Crippen molar-refractivity contribution in [3.63, 3.8) is 0 Å². The molecule has 1 aromatic rings. The van der Waals surface area contributed by atoms with E-state index in [0.717, 1.165) is 11.1 Å². The van der Waals surface area contributed by atoms with Crippen LogP contribution >= 0.6 is 0 Å². The third-order valence-electron chi connectivity index (χ3n) is 2.02. The van der Waals surface area contributed by atoms with Crippen molar-refractivity contribution in [2.75, 3.05) is 0 Å². The zero-order chi connectivity index (χ0) is 11.5. The molecule has 0 unspecified atom stereocenters. The van der Waals surface area contributed by atoms with E-state index in [1.807, 2.05) is 45.0 Å². The fraction of sp³-hybridized carbons (Fsp3) is 0.385. The van der Waals surface area contributed by atoms with Gasteiger partial charge < -0.3 is 5.32 Å². The molecule has 0 fully saturated rings. The first-order valence-corrected chi connectivity index (χ1v) is 5.14. The summed E-state index contributed by atoms with van der Waals surface area (Å²) in [5.41, 5.74) is 1.51. The van der Waals surface area contributed by atoms with Crippen LogP contribution in [0.5, 0.6) is 0 Å². The molecule has 0 aliphatic heterocycles. The average Bonchev–Trinajstić information content (AvgIpc) is 2.15. The second-order valence-electron chi connectivity index (χ2n) is 4.61. The minimum atomic E-state index is -0.203. The summed E-state index contributed by atoms with van der Waals surface area (Å²) in [6, 6.07) is 7.57. The number of nitrogens with one attached hydrogen (secondary N) is 1. The second kappa shape index (κ2) is 4.47. The standard InChI is InChI=1S/C13H18NO/c1-5-10-8-6-7-9-11(10)12(15)14-13(2,3)4/h6-9H,1,5H2,2-4H3,(H,14,15). The molecular weight excluding hydrogens is 186 g/mol. The molecule has 2 nitrogen and oxygen atoms in total. The summed E-state index contributed by atoms with van der Waals surface area (Å²) in [4.78, 5) is 11.9. The van der Waals surface area contributed by atoms with Gasteiger partial charge in [0.2, 0.25) is 0 Å². The number of carbonyl (C=O) groups is 1. The van der Waals surface area contributed by atoms with Crippen LogP contribution in [0, 0.1) is 6.92 Å². The maximum Gasteiger partial charge on any atom is 0.251 e. The van der Waals surface area contributed by atoms with Gasteiger partial charge >= 0.3 is 0 Å². The van der Waals surface area contributed by atoms with E-state index in [2.05, 4.69) is 12.2 Å². The Kier molecular flexibility index (Phi) is 3.51. The van der Waals surface area contributed by atoms with Gasteiger partial charge in [0.15, 0.2) is 0 Å². The Morgan fingerprint density at radius 3 is 2.47 bits per heavy atom. The predicted octanol–water partition coefficient (Wildman–Crippen LogP) is 2.59. The smallest absolute Gasteiger partial charge is 0.251 e. The minimum Gasteiger partial charge on any atom is -0.347 e. The molecule has 0 heterocycles. The van der Waals surface area contributed by atoms with E-state index in [4.69, 9.17) is 0 Å². The average molecular weight is 204 g/mol. The molecular formula is C13H18NO. The molecule has 81 valence electrons. The van der Waals surface area contributed by atoms with E-state index in [-0.39, 0.29) is 11.4 Å². The molecule has 0 saturated heterocycles. The van der Waals surface area contributed by atoms with Gasteiger partial charge in [-0.05, 0) is 45.7 Å². The van der Waals surface area contributed by atoms with Gasteiger partial charge in [-0.3, -0.25) is 4.79 Å². The van der Waals surface area contributed by atoms with E-state index < -0.39 is 0 Å². The largest absolute Gasteiger partial charge is 0.347 e. The Morgan fingerprint density at radius 2 is 1.93 bits per heavy atom. The lowest BCUT2D eigenvalue weighted by Gasteiger charge is -2.21. The normalized spacial score (nSPS) is 11.2. The van der Waals surface area contributed by atoms with Crippen LogP contribution < -0.4 is 5.32 Å². The Morgan fingerprint density at radius 1 is 1.33 bits per heavy atom. The van der Waals surface area contributed by atoms with Gasteiger partial charge in [-0.2, -0.15) is 0 Å². The van der Waals surface area contributed by atoms with Crippen molar-refractivity contribution in [2.45, 2.75) is 32.7 Å². The summed E-state index contributed by atoms with van der Waals surface area (Å²) in [5, 5.41) is 2.94. The maximum absolute atomic E-state index is 11.9. The first-order valence-electron chi connectivity index (χ1n) is 5.14. The van der Waals surface area contributed by atoms with Crippen molar-refractivity contribution in [1.29, 1.82) is 0 Å². The molecule has 1 aromatic carbocycles. The monoisotopic (exact) mass is 204 g/mol. The highest BCUT2D eigenvalue weighted by atomic mass is 16.1. The Bertz CT molecular complexity index is 350. The maximum atomic E-state index is 11.9. The molecule has 15 heavy (non-hydrogen) atoms. The molecule has 2 heteroatoms. The van der Waals surface area contributed by atoms with Gasteiger partial charge in [-0.15, -0.1) is 0 Å². The Labute approximate surface area is 91.7 Å². The van der Waals surface area contributed by atoms with Crippen molar-refractivity contribution in [3.05, 3.63) is 42.3 Å². The number of amides is 1. The van der Waals surface area contributed by atoms with Crippen molar-refractivity contribution in [1.82, 2.24) is 5.32 Å². The zero-order valence-electron chi connectivity index (χ0n) is 9.63. The highest BCUT2D eigenvalue weighted by molar-refractivity contribution is 5.96. The van der Waals surface area contributed by atoms with E-state index in [1.165, 1.54) is 0 Å².